The summed E-state index contributed by atoms with van der Waals surface area (Å²) in [4.78, 5) is 0. The molecule has 1 N–H and O–H groups in total. The molecule has 1 saturated carbocycles. The summed E-state index contributed by atoms with van der Waals surface area (Å²) in [5.74, 6) is 0. The van der Waals surface area contributed by atoms with Gasteiger partial charge in [-0.25, -0.2) is 0 Å². The Hall–Kier alpha value is -0.0800. The van der Waals surface area contributed by atoms with Gasteiger partial charge in [0.15, 0.2) is 0 Å². The van der Waals surface area contributed by atoms with Crippen LogP contribution in [0.5, 0.6) is 0 Å². The van der Waals surface area contributed by atoms with Gasteiger partial charge in [-0.3, -0.25) is 0 Å². The Morgan fingerprint density at radius 2 is 1.92 bits per heavy atom. The Labute approximate surface area is 82.0 Å². The van der Waals surface area contributed by atoms with Crippen LogP contribution in [0.2, 0.25) is 0 Å². The molecule has 0 heterocycles. The molecule has 0 bridgehead atoms. The van der Waals surface area contributed by atoms with Gasteiger partial charge in [-0.05, 0) is 26.2 Å². The smallest absolute Gasteiger partial charge is 0.0591 e. The zero-order valence-corrected chi connectivity index (χ0v) is 9.07. The number of rotatable bonds is 6. The summed E-state index contributed by atoms with van der Waals surface area (Å²) in [6.45, 7) is 7.25. The average molecular weight is 185 g/mol. The highest BCUT2D eigenvalue weighted by molar-refractivity contribution is 4.87. The van der Waals surface area contributed by atoms with Gasteiger partial charge >= 0.3 is 0 Å². The van der Waals surface area contributed by atoms with Crippen molar-refractivity contribution in [1.29, 1.82) is 0 Å². The van der Waals surface area contributed by atoms with Crippen LogP contribution in [0.15, 0.2) is 0 Å². The van der Waals surface area contributed by atoms with E-state index in [9.17, 15) is 0 Å². The Morgan fingerprint density at radius 3 is 2.54 bits per heavy atom. The van der Waals surface area contributed by atoms with Crippen molar-refractivity contribution in [2.24, 2.45) is 0 Å². The van der Waals surface area contributed by atoms with Gasteiger partial charge in [0.1, 0.15) is 0 Å². The van der Waals surface area contributed by atoms with Crippen LogP contribution in [0, 0.1) is 0 Å². The van der Waals surface area contributed by atoms with Crippen LogP contribution in [0.3, 0.4) is 0 Å². The molecule has 13 heavy (non-hydrogen) atoms. The highest BCUT2D eigenvalue weighted by atomic mass is 16.5. The van der Waals surface area contributed by atoms with Gasteiger partial charge in [-0.2, -0.15) is 0 Å². The fourth-order valence-electron chi connectivity index (χ4n) is 2.00. The molecule has 1 rings (SSSR count). The fourth-order valence-corrected chi connectivity index (χ4v) is 2.00. The fraction of sp³-hybridized carbons (Fsp3) is 1.00. The molecule has 0 spiro atoms. The molecule has 0 amide bonds. The van der Waals surface area contributed by atoms with E-state index in [-0.39, 0.29) is 0 Å². The predicted octanol–water partition coefficient (Wildman–Crippen LogP) is 2.34. The number of hydrogen-bond acceptors (Lipinski definition) is 2. The Balaban J connectivity index is 1.98. The van der Waals surface area contributed by atoms with Crippen molar-refractivity contribution in [3.8, 4) is 0 Å². The minimum absolute atomic E-state index is 0.412. The van der Waals surface area contributed by atoms with Crippen molar-refractivity contribution < 1.29 is 4.74 Å². The van der Waals surface area contributed by atoms with Crippen LogP contribution in [-0.2, 0) is 4.74 Å². The highest BCUT2D eigenvalue weighted by Gasteiger charge is 2.27. The van der Waals surface area contributed by atoms with Crippen molar-refractivity contribution in [2.75, 3.05) is 19.8 Å². The highest BCUT2D eigenvalue weighted by Crippen LogP contribution is 2.28. The molecule has 0 radical (unpaired) electrons. The van der Waals surface area contributed by atoms with E-state index in [4.69, 9.17) is 4.74 Å². The maximum absolute atomic E-state index is 5.43. The van der Waals surface area contributed by atoms with Crippen LogP contribution < -0.4 is 5.32 Å². The first kappa shape index (κ1) is 11.0. The number of hydrogen-bond donors (Lipinski definition) is 1. The molecule has 0 aliphatic heterocycles. The third-order valence-electron chi connectivity index (χ3n) is 2.85. The lowest BCUT2D eigenvalue weighted by atomic mass is 10.0. The van der Waals surface area contributed by atoms with Crippen LogP contribution in [0.1, 0.15) is 46.0 Å². The third-order valence-corrected chi connectivity index (χ3v) is 2.85. The van der Waals surface area contributed by atoms with Crippen molar-refractivity contribution in [3.63, 3.8) is 0 Å². The van der Waals surface area contributed by atoms with Gasteiger partial charge in [0.2, 0.25) is 0 Å². The Morgan fingerprint density at radius 1 is 1.23 bits per heavy atom. The molecule has 78 valence electrons. The molecule has 0 saturated heterocycles. The molecule has 0 aromatic rings. The molecule has 1 fully saturated rings. The molecule has 0 atom stereocenters. The molecular weight excluding hydrogens is 162 g/mol. The normalized spacial score (nSPS) is 20.8. The summed E-state index contributed by atoms with van der Waals surface area (Å²) < 4.78 is 5.43. The lowest BCUT2D eigenvalue weighted by Gasteiger charge is -2.25. The third kappa shape index (κ3) is 4.10. The van der Waals surface area contributed by atoms with Crippen molar-refractivity contribution in [3.05, 3.63) is 0 Å². The summed E-state index contributed by atoms with van der Waals surface area (Å²) in [7, 11) is 0. The van der Waals surface area contributed by atoms with Gasteiger partial charge in [0.05, 0.1) is 6.61 Å². The van der Waals surface area contributed by atoms with Crippen molar-refractivity contribution in [2.45, 2.75) is 51.5 Å². The minimum atomic E-state index is 0.412. The second-order valence-electron chi connectivity index (χ2n) is 4.31. The van der Waals surface area contributed by atoms with E-state index in [2.05, 4.69) is 19.2 Å². The van der Waals surface area contributed by atoms with Gasteiger partial charge in [0.25, 0.3) is 0 Å². The van der Waals surface area contributed by atoms with Gasteiger partial charge in [0, 0.05) is 18.7 Å². The van der Waals surface area contributed by atoms with Gasteiger partial charge < -0.3 is 10.1 Å². The van der Waals surface area contributed by atoms with Gasteiger partial charge in [-0.15, -0.1) is 0 Å². The average Bonchev–Trinajstić information content (AvgIpc) is 2.53. The topological polar surface area (TPSA) is 21.3 Å². The van der Waals surface area contributed by atoms with Gasteiger partial charge in [-0.1, -0.05) is 19.8 Å². The van der Waals surface area contributed by atoms with Crippen LogP contribution in [-0.4, -0.2) is 25.3 Å². The van der Waals surface area contributed by atoms with E-state index in [0.29, 0.717) is 5.54 Å². The maximum Gasteiger partial charge on any atom is 0.0591 e. The maximum atomic E-state index is 5.43. The Bertz CT molecular complexity index is 130. The van der Waals surface area contributed by atoms with E-state index in [1.165, 1.54) is 25.7 Å². The molecule has 1 aliphatic rings. The summed E-state index contributed by atoms with van der Waals surface area (Å²) >= 11 is 0. The lowest BCUT2D eigenvalue weighted by molar-refractivity contribution is 0.129. The monoisotopic (exact) mass is 185 g/mol. The van der Waals surface area contributed by atoms with Crippen molar-refractivity contribution >= 4 is 0 Å². The van der Waals surface area contributed by atoms with Crippen LogP contribution in [0.4, 0.5) is 0 Å². The second kappa shape index (κ2) is 5.61. The molecule has 0 aromatic heterocycles. The van der Waals surface area contributed by atoms with Crippen molar-refractivity contribution in [1.82, 2.24) is 5.32 Å². The number of nitrogens with one attached hydrogen (secondary N) is 1. The van der Waals surface area contributed by atoms with Crippen LogP contribution >= 0.6 is 0 Å². The predicted molar refractivity (Wildman–Crippen MR) is 56.0 cm³/mol. The van der Waals surface area contributed by atoms with Crippen LogP contribution in [0.25, 0.3) is 0 Å². The molecular formula is C11H23NO. The first-order valence-electron chi connectivity index (χ1n) is 5.60. The second-order valence-corrected chi connectivity index (χ2v) is 4.31. The molecule has 0 unspecified atom stereocenters. The molecule has 2 heteroatoms. The molecule has 1 aliphatic carbocycles. The molecule has 0 aromatic carbocycles. The van der Waals surface area contributed by atoms with E-state index in [1.54, 1.807) is 0 Å². The number of ether oxygens (including phenoxy) is 1. The Kier molecular flexibility index (Phi) is 4.74. The largest absolute Gasteiger partial charge is 0.380 e. The SMILES string of the molecule is CCCOCCNC1(C)CCCC1. The summed E-state index contributed by atoms with van der Waals surface area (Å²) in [6, 6.07) is 0. The van der Waals surface area contributed by atoms with E-state index >= 15 is 0 Å². The van der Waals surface area contributed by atoms with E-state index in [0.717, 1.165) is 26.2 Å². The standard InChI is InChI=1S/C11H23NO/c1-3-9-13-10-8-12-11(2)6-4-5-7-11/h12H,3-10H2,1-2H3. The lowest BCUT2D eigenvalue weighted by Crippen LogP contribution is -2.41. The molecule has 2 nitrogen and oxygen atoms in total. The van der Waals surface area contributed by atoms with E-state index < -0.39 is 0 Å². The zero-order chi connectivity index (χ0) is 9.57. The summed E-state index contributed by atoms with van der Waals surface area (Å²) in [6.07, 6.45) is 6.57. The first-order valence-corrected chi connectivity index (χ1v) is 5.60. The summed E-state index contributed by atoms with van der Waals surface area (Å²) in [5.41, 5.74) is 0.412. The zero-order valence-electron chi connectivity index (χ0n) is 9.07. The first-order chi connectivity index (χ1) is 6.27. The van der Waals surface area contributed by atoms with E-state index in [1.807, 2.05) is 0 Å². The minimum Gasteiger partial charge on any atom is -0.380 e. The summed E-state index contributed by atoms with van der Waals surface area (Å²) in [5, 5.41) is 3.59. The quantitative estimate of drug-likeness (QED) is 0.641.